The Morgan fingerprint density at radius 1 is 1.32 bits per heavy atom. The van der Waals surface area contributed by atoms with Gasteiger partial charge < -0.3 is 10.6 Å². The van der Waals surface area contributed by atoms with E-state index in [-0.39, 0.29) is 24.0 Å². The number of halogens is 1. The molecule has 0 bridgehead atoms. The van der Waals surface area contributed by atoms with Gasteiger partial charge in [0.1, 0.15) is 5.01 Å². The third-order valence-electron chi connectivity index (χ3n) is 2.47. The molecule has 110 valence electrons. The molecular weight excluding hydrogens is 371 g/mol. The highest BCUT2D eigenvalue weighted by Gasteiger charge is 2.04. The van der Waals surface area contributed by atoms with Crippen LogP contribution in [0.5, 0.6) is 0 Å². The van der Waals surface area contributed by atoms with E-state index >= 15 is 0 Å². The van der Waals surface area contributed by atoms with Gasteiger partial charge >= 0.3 is 0 Å². The minimum atomic E-state index is 0. The van der Waals surface area contributed by atoms with Gasteiger partial charge in [0.25, 0.3) is 0 Å². The fourth-order valence-electron chi connectivity index (χ4n) is 1.40. The quantitative estimate of drug-likeness (QED) is 0.457. The molecule has 0 radical (unpaired) electrons. The molecule has 6 heteroatoms. The van der Waals surface area contributed by atoms with Gasteiger partial charge in [0.15, 0.2) is 5.96 Å². The summed E-state index contributed by atoms with van der Waals surface area (Å²) in [4.78, 5) is 10.3. The number of aliphatic imine (C=N–C) groups is 1. The maximum absolute atomic E-state index is 4.55. The summed E-state index contributed by atoms with van der Waals surface area (Å²) in [5.41, 5.74) is 1.12. The van der Waals surface area contributed by atoms with Crippen LogP contribution in [-0.4, -0.2) is 24.0 Å². The predicted molar refractivity (Wildman–Crippen MR) is 94.7 cm³/mol. The van der Waals surface area contributed by atoms with E-state index in [2.05, 4.69) is 48.3 Å². The average Bonchev–Trinajstić information content (AvgIpc) is 2.62. The molecule has 19 heavy (non-hydrogen) atoms. The van der Waals surface area contributed by atoms with Crippen LogP contribution in [0.3, 0.4) is 0 Å². The van der Waals surface area contributed by atoms with Gasteiger partial charge in [-0.15, -0.1) is 35.3 Å². The summed E-state index contributed by atoms with van der Waals surface area (Å²) < 4.78 is 0. The zero-order valence-electron chi connectivity index (χ0n) is 12.4. The van der Waals surface area contributed by atoms with Crippen LogP contribution in [0.25, 0.3) is 0 Å². The van der Waals surface area contributed by atoms with Crippen LogP contribution in [0.4, 0.5) is 0 Å². The Morgan fingerprint density at radius 2 is 2.00 bits per heavy atom. The van der Waals surface area contributed by atoms with Crippen molar-refractivity contribution in [2.45, 2.75) is 41.2 Å². The first-order valence-electron chi connectivity index (χ1n) is 6.48. The smallest absolute Gasteiger partial charge is 0.191 e. The molecule has 1 aromatic rings. The van der Waals surface area contributed by atoms with E-state index in [4.69, 9.17) is 0 Å². The van der Waals surface area contributed by atoms with Crippen LogP contribution in [0.1, 0.15) is 36.3 Å². The third kappa shape index (κ3) is 7.10. The van der Waals surface area contributed by atoms with E-state index in [9.17, 15) is 0 Å². The molecule has 1 aromatic heterocycles. The number of guanidine groups is 1. The number of aromatic nitrogens is 1. The number of nitrogens with zero attached hydrogens (tertiary/aromatic N) is 2. The Labute approximate surface area is 137 Å². The van der Waals surface area contributed by atoms with Gasteiger partial charge in [0, 0.05) is 18.0 Å². The maximum atomic E-state index is 4.55. The Hall–Kier alpha value is -0.370. The molecule has 0 amide bonds. The normalized spacial score (nSPS) is 11.4. The predicted octanol–water partition coefficient (Wildman–Crippen LogP) is 3.09. The summed E-state index contributed by atoms with van der Waals surface area (Å²) in [6.45, 7) is 13.0. The molecule has 2 N–H and O–H groups in total. The number of hydrogen-bond donors (Lipinski definition) is 2. The lowest BCUT2D eigenvalue weighted by Gasteiger charge is -2.12. The van der Waals surface area contributed by atoms with Crippen LogP contribution in [0.15, 0.2) is 4.99 Å². The Kier molecular flexibility index (Phi) is 9.34. The fourth-order valence-corrected chi connectivity index (χ4v) is 2.25. The van der Waals surface area contributed by atoms with E-state index in [1.165, 1.54) is 4.88 Å². The second-order valence-corrected chi connectivity index (χ2v) is 6.01. The average molecular weight is 396 g/mol. The molecule has 0 aliphatic rings. The number of aryl methyl sites for hydroxylation is 2. The molecule has 0 aliphatic heterocycles. The Bertz CT molecular complexity index is 382. The summed E-state index contributed by atoms with van der Waals surface area (Å²) in [5.74, 6) is 1.48. The minimum absolute atomic E-state index is 0. The largest absolute Gasteiger partial charge is 0.357 e. The van der Waals surface area contributed by atoms with Gasteiger partial charge in [0.2, 0.25) is 0 Å². The molecule has 1 heterocycles. The van der Waals surface area contributed by atoms with Gasteiger partial charge in [-0.1, -0.05) is 13.8 Å². The number of rotatable bonds is 5. The number of nitrogens with one attached hydrogen (secondary N) is 2. The first-order valence-corrected chi connectivity index (χ1v) is 7.29. The van der Waals surface area contributed by atoms with Crippen molar-refractivity contribution < 1.29 is 0 Å². The summed E-state index contributed by atoms with van der Waals surface area (Å²) in [6, 6.07) is 0. The summed E-state index contributed by atoms with van der Waals surface area (Å²) >= 11 is 1.73. The fraction of sp³-hybridized carbons (Fsp3) is 0.692. The highest BCUT2D eigenvalue weighted by molar-refractivity contribution is 14.0. The van der Waals surface area contributed by atoms with Crippen LogP contribution < -0.4 is 10.6 Å². The lowest BCUT2D eigenvalue weighted by molar-refractivity contribution is 0.615. The minimum Gasteiger partial charge on any atom is -0.357 e. The van der Waals surface area contributed by atoms with Gasteiger partial charge in [-0.3, -0.25) is 0 Å². The van der Waals surface area contributed by atoms with Crippen LogP contribution in [0.2, 0.25) is 0 Å². The van der Waals surface area contributed by atoms with Gasteiger partial charge in [-0.2, -0.15) is 0 Å². The number of thiazole rings is 1. The first kappa shape index (κ1) is 18.6. The van der Waals surface area contributed by atoms with E-state index in [1.54, 1.807) is 11.3 Å². The van der Waals surface area contributed by atoms with Crippen molar-refractivity contribution in [1.82, 2.24) is 15.6 Å². The zero-order valence-corrected chi connectivity index (χ0v) is 15.6. The summed E-state index contributed by atoms with van der Waals surface area (Å²) in [5, 5.41) is 7.65. The van der Waals surface area contributed by atoms with E-state index in [1.807, 2.05) is 6.92 Å². The molecule has 0 spiro atoms. The molecule has 4 nitrogen and oxygen atoms in total. The summed E-state index contributed by atoms with van der Waals surface area (Å²) in [7, 11) is 0. The van der Waals surface area contributed by atoms with Crippen molar-refractivity contribution in [3.8, 4) is 0 Å². The SMILES string of the molecule is CCNC(=NCc1nc(C)c(C)s1)NCC(C)C.I. The van der Waals surface area contributed by atoms with E-state index in [0.29, 0.717) is 12.5 Å². The lowest BCUT2D eigenvalue weighted by atomic mass is 10.2. The van der Waals surface area contributed by atoms with Crippen LogP contribution >= 0.6 is 35.3 Å². The van der Waals surface area contributed by atoms with Crippen molar-refractivity contribution in [3.63, 3.8) is 0 Å². The lowest BCUT2D eigenvalue weighted by Crippen LogP contribution is -2.39. The van der Waals surface area contributed by atoms with Gasteiger partial charge in [-0.25, -0.2) is 9.98 Å². The molecule has 0 unspecified atom stereocenters. The monoisotopic (exact) mass is 396 g/mol. The van der Waals surface area contributed by atoms with Crippen molar-refractivity contribution in [1.29, 1.82) is 0 Å². The summed E-state index contributed by atoms with van der Waals surface area (Å²) in [6.07, 6.45) is 0. The molecule has 1 rings (SSSR count). The van der Waals surface area contributed by atoms with Crippen molar-refractivity contribution in [2.24, 2.45) is 10.9 Å². The molecule has 0 aromatic carbocycles. The highest BCUT2D eigenvalue weighted by atomic mass is 127. The Morgan fingerprint density at radius 3 is 2.47 bits per heavy atom. The van der Waals surface area contributed by atoms with E-state index < -0.39 is 0 Å². The zero-order chi connectivity index (χ0) is 13.5. The first-order chi connectivity index (χ1) is 8.52. The molecule has 0 aliphatic carbocycles. The second-order valence-electron chi connectivity index (χ2n) is 4.72. The van der Waals surface area contributed by atoms with Gasteiger partial charge in [0.05, 0.1) is 12.2 Å². The maximum Gasteiger partial charge on any atom is 0.191 e. The topological polar surface area (TPSA) is 49.3 Å². The van der Waals surface area contributed by atoms with Crippen LogP contribution in [0, 0.1) is 19.8 Å². The standard InChI is InChI=1S/C13H24N4S.HI/c1-6-14-13(15-7-9(2)3)16-8-12-17-10(4)11(5)18-12;/h9H,6-8H2,1-5H3,(H2,14,15,16);1H. The highest BCUT2D eigenvalue weighted by Crippen LogP contribution is 2.16. The number of hydrogen-bond acceptors (Lipinski definition) is 3. The van der Waals surface area contributed by atoms with Crippen molar-refractivity contribution in [2.75, 3.05) is 13.1 Å². The molecule has 0 saturated carbocycles. The van der Waals surface area contributed by atoms with Crippen molar-refractivity contribution in [3.05, 3.63) is 15.6 Å². The van der Waals surface area contributed by atoms with Crippen molar-refractivity contribution >= 4 is 41.3 Å². The Balaban J connectivity index is 0.00000324. The van der Waals surface area contributed by atoms with Crippen LogP contribution in [-0.2, 0) is 6.54 Å². The van der Waals surface area contributed by atoms with Gasteiger partial charge in [-0.05, 0) is 26.7 Å². The molecular formula is C13H25IN4S. The third-order valence-corrected chi connectivity index (χ3v) is 3.52. The molecule has 0 saturated heterocycles. The molecule has 0 atom stereocenters. The molecule has 0 fully saturated rings. The van der Waals surface area contributed by atoms with E-state index in [0.717, 1.165) is 29.8 Å². The second kappa shape index (κ2) is 9.52.